The summed E-state index contributed by atoms with van der Waals surface area (Å²) in [6, 6.07) is 10.3. The Hall–Kier alpha value is -1.35. The van der Waals surface area contributed by atoms with E-state index in [1.807, 2.05) is 18.2 Å². The Morgan fingerprint density at radius 3 is 2.71 bits per heavy atom. The number of hydrogen-bond donors (Lipinski definition) is 1. The van der Waals surface area contributed by atoms with E-state index >= 15 is 0 Å². The summed E-state index contributed by atoms with van der Waals surface area (Å²) in [5, 5.41) is 9.35. The molecule has 1 aromatic rings. The number of rotatable bonds is 3. The first-order chi connectivity index (χ1) is 8.21. The summed E-state index contributed by atoms with van der Waals surface area (Å²) in [5.74, 6) is -0.215. The lowest BCUT2D eigenvalue weighted by molar-refractivity contribution is -0.156. The summed E-state index contributed by atoms with van der Waals surface area (Å²) in [5.41, 5.74) is 0.851. The van der Waals surface area contributed by atoms with Crippen molar-refractivity contribution in [3.8, 4) is 0 Å². The van der Waals surface area contributed by atoms with Gasteiger partial charge >= 0.3 is 5.97 Å². The quantitative estimate of drug-likeness (QED) is 0.864. The van der Waals surface area contributed by atoms with E-state index in [1.54, 1.807) is 0 Å². The summed E-state index contributed by atoms with van der Waals surface area (Å²) in [4.78, 5) is 13.6. The molecular weight excluding hydrogens is 214 g/mol. The second-order valence-corrected chi connectivity index (χ2v) is 5.35. The van der Waals surface area contributed by atoms with Gasteiger partial charge in [-0.3, -0.25) is 9.69 Å². The van der Waals surface area contributed by atoms with Gasteiger partial charge in [-0.15, -0.1) is 0 Å². The molecule has 3 nitrogen and oxygen atoms in total. The molecule has 1 aliphatic heterocycles. The van der Waals surface area contributed by atoms with E-state index in [1.165, 1.54) is 5.56 Å². The Morgan fingerprint density at radius 1 is 1.41 bits per heavy atom. The highest BCUT2D eigenvalue weighted by Gasteiger charge is 2.57. The average molecular weight is 231 g/mol. The largest absolute Gasteiger partial charge is 0.481 e. The van der Waals surface area contributed by atoms with Gasteiger partial charge in [0.2, 0.25) is 0 Å². The maximum absolute atomic E-state index is 11.4. The SMILES string of the molecule is O=C(O)[C@@]12CC[C@@H]1CN(Cc1ccccc1)C2. The van der Waals surface area contributed by atoms with Crippen LogP contribution < -0.4 is 0 Å². The number of benzene rings is 1. The molecule has 0 radical (unpaired) electrons. The van der Waals surface area contributed by atoms with Gasteiger partial charge in [-0.1, -0.05) is 30.3 Å². The van der Waals surface area contributed by atoms with Crippen molar-refractivity contribution in [1.29, 1.82) is 0 Å². The van der Waals surface area contributed by atoms with Crippen LogP contribution in [0.4, 0.5) is 0 Å². The van der Waals surface area contributed by atoms with Crippen molar-refractivity contribution in [2.24, 2.45) is 11.3 Å². The standard InChI is InChI=1S/C14H17NO2/c16-13(17)14-7-6-12(14)9-15(10-14)8-11-4-2-1-3-5-11/h1-5,12H,6-10H2,(H,16,17)/t12-,14-/m1/s1. The molecule has 0 aromatic heterocycles. The van der Waals surface area contributed by atoms with Gasteiger partial charge in [0.25, 0.3) is 0 Å². The van der Waals surface area contributed by atoms with Crippen LogP contribution in [0.5, 0.6) is 0 Å². The predicted molar refractivity (Wildman–Crippen MR) is 64.5 cm³/mol. The van der Waals surface area contributed by atoms with Crippen molar-refractivity contribution in [2.45, 2.75) is 19.4 Å². The number of carboxylic acid groups (broad SMARTS) is 1. The second-order valence-electron chi connectivity index (χ2n) is 5.35. The molecule has 90 valence electrons. The number of hydrogen-bond acceptors (Lipinski definition) is 2. The number of aliphatic carboxylic acids is 1. The van der Waals surface area contributed by atoms with Crippen LogP contribution >= 0.6 is 0 Å². The third-order valence-corrected chi connectivity index (χ3v) is 4.38. The van der Waals surface area contributed by atoms with Gasteiger partial charge in [0.05, 0.1) is 5.41 Å². The molecule has 1 aliphatic carbocycles. The number of fused-ring (bicyclic) bond motifs is 1. The van der Waals surface area contributed by atoms with E-state index in [0.717, 1.165) is 32.5 Å². The van der Waals surface area contributed by atoms with Crippen LogP contribution in [0.2, 0.25) is 0 Å². The first-order valence-electron chi connectivity index (χ1n) is 6.20. The monoisotopic (exact) mass is 231 g/mol. The topological polar surface area (TPSA) is 40.5 Å². The molecule has 1 N–H and O–H groups in total. The zero-order valence-corrected chi connectivity index (χ0v) is 9.80. The lowest BCUT2D eigenvalue weighted by atomic mass is 9.62. The van der Waals surface area contributed by atoms with Crippen LogP contribution in [0.1, 0.15) is 18.4 Å². The number of carboxylic acids is 1. The molecule has 1 saturated heterocycles. The summed E-state index contributed by atoms with van der Waals surface area (Å²) in [6.07, 6.45) is 1.94. The Morgan fingerprint density at radius 2 is 2.18 bits per heavy atom. The lowest BCUT2D eigenvalue weighted by Crippen LogP contribution is -2.46. The molecule has 0 amide bonds. The maximum atomic E-state index is 11.4. The van der Waals surface area contributed by atoms with Crippen LogP contribution in [-0.4, -0.2) is 29.1 Å². The van der Waals surface area contributed by atoms with Crippen LogP contribution in [0.25, 0.3) is 0 Å². The van der Waals surface area contributed by atoms with Crippen LogP contribution in [-0.2, 0) is 11.3 Å². The van der Waals surface area contributed by atoms with Crippen LogP contribution in [0.3, 0.4) is 0 Å². The number of likely N-dealkylation sites (tertiary alicyclic amines) is 1. The minimum atomic E-state index is -0.593. The van der Waals surface area contributed by atoms with E-state index < -0.39 is 11.4 Å². The molecule has 1 aromatic carbocycles. The molecule has 2 atom stereocenters. The van der Waals surface area contributed by atoms with Crippen molar-refractivity contribution in [3.63, 3.8) is 0 Å². The normalized spacial score (nSPS) is 31.9. The van der Waals surface area contributed by atoms with Gasteiger partial charge in [-0.25, -0.2) is 0 Å². The van der Waals surface area contributed by atoms with E-state index in [4.69, 9.17) is 0 Å². The molecule has 2 aliphatic rings. The third kappa shape index (κ3) is 1.65. The minimum absolute atomic E-state index is 0.378. The highest BCUT2D eigenvalue weighted by atomic mass is 16.4. The summed E-state index contributed by atoms with van der Waals surface area (Å²) >= 11 is 0. The zero-order chi connectivity index (χ0) is 11.9. The second kappa shape index (κ2) is 3.84. The van der Waals surface area contributed by atoms with E-state index in [9.17, 15) is 9.90 Å². The van der Waals surface area contributed by atoms with Gasteiger partial charge in [-0.05, 0) is 24.3 Å². The molecule has 3 rings (SSSR count). The molecule has 17 heavy (non-hydrogen) atoms. The fourth-order valence-electron chi connectivity index (χ4n) is 3.26. The van der Waals surface area contributed by atoms with Crippen molar-refractivity contribution >= 4 is 5.97 Å². The van der Waals surface area contributed by atoms with Crippen molar-refractivity contribution < 1.29 is 9.90 Å². The fraction of sp³-hybridized carbons (Fsp3) is 0.500. The summed E-state index contributed by atoms with van der Waals surface area (Å²) < 4.78 is 0. The van der Waals surface area contributed by atoms with Crippen LogP contribution in [0.15, 0.2) is 30.3 Å². The van der Waals surface area contributed by atoms with Gasteiger partial charge in [-0.2, -0.15) is 0 Å². The highest BCUT2D eigenvalue weighted by molar-refractivity contribution is 5.77. The molecule has 2 fully saturated rings. The Bertz CT molecular complexity index is 431. The van der Waals surface area contributed by atoms with Gasteiger partial charge < -0.3 is 5.11 Å². The highest BCUT2D eigenvalue weighted by Crippen LogP contribution is 2.52. The van der Waals surface area contributed by atoms with Crippen molar-refractivity contribution in [2.75, 3.05) is 13.1 Å². The van der Waals surface area contributed by atoms with Gasteiger partial charge in [0, 0.05) is 19.6 Å². The predicted octanol–water partition coefficient (Wildman–Crippen LogP) is 1.98. The molecule has 1 saturated carbocycles. The maximum Gasteiger partial charge on any atom is 0.311 e. The summed E-state index contributed by atoms with van der Waals surface area (Å²) in [7, 11) is 0. The lowest BCUT2D eigenvalue weighted by Gasteiger charge is -2.39. The molecule has 1 heterocycles. The Kier molecular flexibility index (Phi) is 2.44. The summed E-state index contributed by atoms with van der Waals surface area (Å²) in [6.45, 7) is 2.55. The number of carbonyl (C=O) groups is 1. The average Bonchev–Trinajstić information content (AvgIpc) is 2.54. The Balaban J connectivity index is 1.70. The van der Waals surface area contributed by atoms with Crippen molar-refractivity contribution in [1.82, 2.24) is 4.90 Å². The molecule has 3 heteroatoms. The zero-order valence-electron chi connectivity index (χ0n) is 9.80. The van der Waals surface area contributed by atoms with Gasteiger partial charge in [0.15, 0.2) is 0 Å². The van der Waals surface area contributed by atoms with Crippen LogP contribution in [0, 0.1) is 11.3 Å². The smallest absolute Gasteiger partial charge is 0.311 e. The Labute approximate surface area is 101 Å². The van der Waals surface area contributed by atoms with E-state index in [-0.39, 0.29) is 0 Å². The molecule has 0 unspecified atom stereocenters. The van der Waals surface area contributed by atoms with E-state index in [2.05, 4.69) is 17.0 Å². The first-order valence-corrected chi connectivity index (χ1v) is 6.20. The number of nitrogens with zero attached hydrogens (tertiary/aromatic N) is 1. The molecule has 0 bridgehead atoms. The van der Waals surface area contributed by atoms with Crippen molar-refractivity contribution in [3.05, 3.63) is 35.9 Å². The fourth-order valence-corrected chi connectivity index (χ4v) is 3.26. The first kappa shape index (κ1) is 10.8. The minimum Gasteiger partial charge on any atom is -0.481 e. The van der Waals surface area contributed by atoms with Gasteiger partial charge in [0.1, 0.15) is 0 Å². The third-order valence-electron chi connectivity index (χ3n) is 4.38. The van der Waals surface area contributed by atoms with E-state index in [0.29, 0.717) is 5.92 Å². The molecular formula is C14H17NO2. The molecule has 0 spiro atoms.